The molecule has 0 aromatic heterocycles. The highest BCUT2D eigenvalue weighted by molar-refractivity contribution is 5.53. The van der Waals surface area contributed by atoms with Gasteiger partial charge in [0.1, 0.15) is 5.82 Å². The van der Waals surface area contributed by atoms with E-state index in [9.17, 15) is 9.50 Å². The van der Waals surface area contributed by atoms with Crippen LogP contribution in [-0.2, 0) is 6.54 Å². The molecule has 0 aliphatic heterocycles. The smallest absolute Gasteiger partial charge is 0.129 e. The fraction of sp³-hybridized carbons (Fsp3) is 0.625. The molecule has 1 atom stereocenters. The van der Waals surface area contributed by atoms with Gasteiger partial charge in [-0.2, -0.15) is 0 Å². The quantitative estimate of drug-likeness (QED) is 0.769. The van der Waals surface area contributed by atoms with E-state index in [1.165, 1.54) is 6.07 Å². The number of hydrogen-bond acceptors (Lipinski definition) is 3. The first kappa shape index (κ1) is 16.9. The number of hydrogen-bond donors (Lipinski definition) is 2. The van der Waals surface area contributed by atoms with E-state index in [0.29, 0.717) is 31.0 Å². The number of nitrogens with one attached hydrogen (secondary N) is 1. The predicted molar refractivity (Wildman–Crippen MR) is 82.5 cm³/mol. The Bertz CT molecular complexity index is 407. The minimum Gasteiger partial charge on any atom is -0.393 e. The molecule has 3 nitrogen and oxygen atoms in total. The van der Waals surface area contributed by atoms with Crippen LogP contribution in [0, 0.1) is 11.7 Å². The van der Waals surface area contributed by atoms with E-state index in [1.807, 2.05) is 18.0 Å². The van der Waals surface area contributed by atoms with E-state index >= 15 is 0 Å². The van der Waals surface area contributed by atoms with E-state index in [-0.39, 0.29) is 11.9 Å². The van der Waals surface area contributed by atoms with Gasteiger partial charge in [0.25, 0.3) is 0 Å². The Morgan fingerprint density at radius 2 is 2.00 bits per heavy atom. The van der Waals surface area contributed by atoms with E-state index in [2.05, 4.69) is 19.2 Å². The van der Waals surface area contributed by atoms with Gasteiger partial charge in [0.05, 0.1) is 6.10 Å². The normalized spacial score (nSPS) is 12.8. The van der Waals surface area contributed by atoms with Gasteiger partial charge in [-0.15, -0.1) is 0 Å². The highest BCUT2D eigenvalue weighted by Gasteiger charge is 2.12. The second kappa shape index (κ2) is 8.22. The summed E-state index contributed by atoms with van der Waals surface area (Å²) >= 11 is 0. The monoisotopic (exact) mass is 282 g/mol. The van der Waals surface area contributed by atoms with Gasteiger partial charge in [0.2, 0.25) is 0 Å². The molecular weight excluding hydrogens is 255 g/mol. The molecule has 1 aromatic rings. The lowest BCUT2D eigenvalue weighted by molar-refractivity contribution is 0.187. The van der Waals surface area contributed by atoms with Gasteiger partial charge in [0.15, 0.2) is 0 Å². The van der Waals surface area contributed by atoms with E-state index < -0.39 is 0 Å². The summed E-state index contributed by atoms with van der Waals surface area (Å²) in [4.78, 5) is 2.00. The van der Waals surface area contributed by atoms with Crippen molar-refractivity contribution in [2.45, 2.75) is 39.8 Å². The van der Waals surface area contributed by atoms with Crippen LogP contribution < -0.4 is 10.2 Å². The van der Waals surface area contributed by atoms with Crippen LogP contribution >= 0.6 is 0 Å². The molecule has 20 heavy (non-hydrogen) atoms. The van der Waals surface area contributed by atoms with Crippen LogP contribution in [0.25, 0.3) is 0 Å². The topological polar surface area (TPSA) is 35.5 Å². The summed E-state index contributed by atoms with van der Waals surface area (Å²) in [5, 5.41) is 12.6. The summed E-state index contributed by atoms with van der Waals surface area (Å²) in [5.74, 6) is 0.362. The summed E-state index contributed by atoms with van der Waals surface area (Å²) in [6.07, 6.45) is 0.333. The molecule has 0 fully saturated rings. The van der Waals surface area contributed by atoms with Crippen LogP contribution in [0.4, 0.5) is 10.1 Å². The van der Waals surface area contributed by atoms with Crippen molar-refractivity contribution in [1.82, 2.24) is 5.32 Å². The van der Waals surface area contributed by atoms with E-state index in [0.717, 1.165) is 12.2 Å². The van der Waals surface area contributed by atoms with Crippen molar-refractivity contribution in [1.29, 1.82) is 0 Å². The third-order valence-electron chi connectivity index (χ3n) is 3.24. The van der Waals surface area contributed by atoms with Crippen LogP contribution in [0.15, 0.2) is 18.2 Å². The fourth-order valence-electron chi connectivity index (χ4n) is 2.07. The third-order valence-corrected chi connectivity index (χ3v) is 3.24. The van der Waals surface area contributed by atoms with Crippen molar-refractivity contribution >= 4 is 5.69 Å². The van der Waals surface area contributed by atoms with Gasteiger partial charge in [-0.3, -0.25) is 0 Å². The lowest BCUT2D eigenvalue weighted by atomic mass is 10.1. The van der Waals surface area contributed by atoms with Gasteiger partial charge in [0, 0.05) is 31.4 Å². The lowest BCUT2D eigenvalue weighted by Gasteiger charge is -2.24. The number of aliphatic hydroxyl groups excluding tert-OH is 1. The van der Waals surface area contributed by atoms with Crippen LogP contribution in [0.5, 0.6) is 0 Å². The largest absolute Gasteiger partial charge is 0.393 e. The molecule has 1 rings (SSSR count). The minimum atomic E-state index is -0.339. The van der Waals surface area contributed by atoms with Crippen molar-refractivity contribution in [3.8, 4) is 0 Å². The highest BCUT2D eigenvalue weighted by Crippen LogP contribution is 2.22. The highest BCUT2D eigenvalue weighted by atomic mass is 19.1. The number of anilines is 1. The molecule has 0 amide bonds. The number of aliphatic hydroxyl groups is 1. The molecule has 0 aliphatic carbocycles. The standard InChI is InChI=1S/C16H27FN2O/c1-12(2)10-18-11-14-15(17)6-5-7-16(14)19(4)9-8-13(3)20/h5-7,12-13,18,20H,8-11H2,1-4H3. The predicted octanol–water partition coefficient (Wildman–Crippen LogP) is 2.78. The Balaban J connectivity index is 2.76. The molecule has 0 spiro atoms. The van der Waals surface area contributed by atoms with Crippen molar-refractivity contribution < 1.29 is 9.50 Å². The maximum absolute atomic E-state index is 14.0. The molecule has 0 saturated carbocycles. The Morgan fingerprint density at radius 3 is 2.60 bits per heavy atom. The molecule has 0 bridgehead atoms. The summed E-state index contributed by atoms with van der Waals surface area (Å²) in [7, 11) is 1.93. The average molecular weight is 282 g/mol. The van der Waals surface area contributed by atoms with Crippen molar-refractivity contribution in [2.24, 2.45) is 5.92 Å². The molecule has 1 unspecified atom stereocenters. The van der Waals surface area contributed by atoms with Crippen molar-refractivity contribution in [3.05, 3.63) is 29.6 Å². The SMILES string of the molecule is CC(C)CNCc1c(F)cccc1N(C)CCC(C)O. The zero-order valence-corrected chi connectivity index (χ0v) is 13.0. The zero-order chi connectivity index (χ0) is 15.1. The van der Waals surface area contributed by atoms with Gasteiger partial charge < -0.3 is 15.3 Å². The second-order valence-corrected chi connectivity index (χ2v) is 5.82. The first-order valence-corrected chi connectivity index (χ1v) is 7.29. The molecule has 0 saturated heterocycles. The molecule has 1 aromatic carbocycles. The molecule has 0 radical (unpaired) electrons. The van der Waals surface area contributed by atoms with Gasteiger partial charge in [-0.1, -0.05) is 19.9 Å². The van der Waals surface area contributed by atoms with Crippen LogP contribution in [0.1, 0.15) is 32.8 Å². The molecule has 0 aliphatic rings. The van der Waals surface area contributed by atoms with Crippen molar-refractivity contribution in [2.75, 3.05) is 25.0 Å². The number of rotatable bonds is 8. The van der Waals surface area contributed by atoms with Crippen LogP contribution in [0.2, 0.25) is 0 Å². The van der Waals surface area contributed by atoms with Crippen LogP contribution in [0.3, 0.4) is 0 Å². The van der Waals surface area contributed by atoms with Gasteiger partial charge >= 0.3 is 0 Å². The van der Waals surface area contributed by atoms with Gasteiger partial charge in [-0.05, 0) is 37.9 Å². The number of halogens is 1. The second-order valence-electron chi connectivity index (χ2n) is 5.82. The van der Waals surface area contributed by atoms with Gasteiger partial charge in [-0.25, -0.2) is 4.39 Å². The molecule has 2 N–H and O–H groups in total. The number of benzene rings is 1. The zero-order valence-electron chi connectivity index (χ0n) is 13.0. The van der Waals surface area contributed by atoms with E-state index in [4.69, 9.17) is 0 Å². The lowest BCUT2D eigenvalue weighted by Crippen LogP contribution is -2.26. The maximum Gasteiger partial charge on any atom is 0.129 e. The molecule has 4 heteroatoms. The fourth-order valence-corrected chi connectivity index (χ4v) is 2.07. The Morgan fingerprint density at radius 1 is 1.30 bits per heavy atom. The Labute approximate surface area is 121 Å². The average Bonchev–Trinajstić information content (AvgIpc) is 2.37. The summed E-state index contributed by atoms with van der Waals surface area (Å²) < 4.78 is 14.0. The summed E-state index contributed by atoms with van der Waals surface area (Å²) in [6.45, 7) is 8.13. The van der Waals surface area contributed by atoms with Crippen LogP contribution in [-0.4, -0.2) is 31.3 Å². The Hall–Kier alpha value is -1.13. The summed E-state index contributed by atoms with van der Waals surface area (Å²) in [6, 6.07) is 5.16. The molecule has 114 valence electrons. The third kappa shape index (κ3) is 5.47. The Kier molecular flexibility index (Phi) is 6.96. The van der Waals surface area contributed by atoms with E-state index in [1.54, 1.807) is 13.0 Å². The molecule has 0 heterocycles. The minimum absolute atomic E-state index is 0.178. The first-order chi connectivity index (χ1) is 9.41. The maximum atomic E-state index is 14.0. The van der Waals surface area contributed by atoms with Crippen molar-refractivity contribution in [3.63, 3.8) is 0 Å². The first-order valence-electron chi connectivity index (χ1n) is 7.29. The molecular formula is C16H27FN2O. The number of nitrogens with zero attached hydrogens (tertiary/aromatic N) is 1. The summed E-state index contributed by atoms with van der Waals surface area (Å²) in [5.41, 5.74) is 1.59.